The molecule has 4 nitrogen and oxygen atoms in total. The van der Waals surface area contributed by atoms with E-state index >= 15 is 0 Å². The lowest BCUT2D eigenvalue weighted by molar-refractivity contribution is 0.581. The number of rotatable bonds is 4. The highest BCUT2D eigenvalue weighted by Gasteiger charge is 2.21. The molecule has 0 aliphatic rings. The van der Waals surface area contributed by atoms with E-state index in [2.05, 4.69) is 34.5 Å². The van der Waals surface area contributed by atoms with Crippen LogP contribution in [0.25, 0.3) is 22.2 Å². The molecule has 0 saturated carbocycles. The van der Waals surface area contributed by atoms with Gasteiger partial charge in [-0.3, -0.25) is 0 Å². The number of fused-ring (bicyclic) bond motifs is 1. The van der Waals surface area contributed by atoms with Gasteiger partial charge in [0.2, 0.25) is 0 Å². The molecule has 5 heteroatoms. The van der Waals surface area contributed by atoms with E-state index in [4.69, 9.17) is 4.42 Å². The molecule has 0 saturated heterocycles. The minimum absolute atomic E-state index is 0.334. The van der Waals surface area contributed by atoms with Crippen molar-refractivity contribution < 1.29 is 4.42 Å². The third kappa shape index (κ3) is 2.38. The average molecular weight is 299 g/mol. The average Bonchev–Trinajstić information content (AvgIpc) is 2.97. The summed E-state index contributed by atoms with van der Waals surface area (Å²) in [5, 5.41) is 4.55. The number of benzene rings is 1. The van der Waals surface area contributed by atoms with Gasteiger partial charge in [-0.1, -0.05) is 12.1 Å². The molecule has 1 atom stereocenters. The summed E-state index contributed by atoms with van der Waals surface area (Å²) in [5.74, 6) is 0.890. The Morgan fingerprint density at radius 1 is 1.33 bits per heavy atom. The van der Waals surface area contributed by atoms with Crippen molar-refractivity contribution in [3.05, 3.63) is 42.5 Å². The van der Waals surface area contributed by atoms with Gasteiger partial charge in [-0.05, 0) is 19.2 Å². The molecular weight excluding hydrogens is 282 g/mol. The Balaban J connectivity index is 2.26. The Morgan fingerprint density at radius 3 is 2.95 bits per heavy atom. The summed E-state index contributed by atoms with van der Waals surface area (Å²) in [7, 11) is 1.91. The Bertz CT molecular complexity index is 764. The number of furan rings is 1. The largest absolute Gasteiger partial charge is 0.462 e. The number of nitrogens with zero attached hydrogens (tertiary/aromatic N) is 2. The second kappa shape index (κ2) is 5.77. The molecule has 2 heterocycles. The van der Waals surface area contributed by atoms with Crippen LogP contribution in [0.3, 0.4) is 0 Å². The minimum Gasteiger partial charge on any atom is -0.462 e. The Labute approximate surface area is 128 Å². The van der Waals surface area contributed by atoms with E-state index in [1.165, 1.54) is 5.56 Å². The highest BCUT2D eigenvalue weighted by molar-refractivity contribution is 7.98. The summed E-state index contributed by atoms with van der Waals surface area (Å²) >= 11 is 1.80. The summed E-state index contributed by atoms with van der Waals surface area (Å²) in [6, 6.07) is 6.04. The summed E-state index contributed by atoms with van der Waals surface area (Å²) in [5.41, 5.74) is 4.17. The van der Waals surface area contributed by atoms with Gasteiger partial charge in [-0.25, -0.2) is 9.97 Å². The monoisotopic (exact) mass is 299 g/mol. The smallest absolute Gasteiger partial charge is 0.141 e. The molecule has 0 fully saturated rings. The summed E-state index contributed by atoms with van der Waals surface area (Å²) in [6.45, 7) is 2.18. The molecule has 3 rings (SSSR count). The van der Waals surface area contributed by atoms with E-state index in [1.54, 1.807) is 24.4 Å². The predicted octanol–water partition coefficient (Wildman–Crippen LogP) is 4.36. The third-order valence-electron chi connectivity index (χ3n) is 3.65. The van der Waals surface area contributed by atoms with E-state index in [1.807, 2.05) is 25.4 Å². The van der Waals surface area contributed by atoms with Crippen LogP contribution < -0.4 is 5.32 Å². The van der Waals surface area contributed by atoms with Gasteiger partial charge < -0.3 is 9.73 Å². The number of hydrogen-bond donors (Lipinski definition) is 1. The first-order chi connectivity index (χ1) is 10.3. The van der Waals surface area contributed by atoms with Gasteiger partial charge in [-0.2, -0.15) is 11.8 Å². The fourth-order valence-electron chi connectivity index (χ4n) is 2.49. The molecule has 21 heavy (non-hydrogen) atoms. The second-order valence-corrected chi connectivity index (χ2v) is 5.96. The molecule has 0 bridgehead atoms. The molecule has 0 spiro atoms. The molecule has 0 aliphatic heterocycles. The number of thioether (sulfide) groups is 1. The van der Waals surface area contributed by atoms with Gasteiger partial charge in [0.05, 0.1) is 11.2 Å². The number of aromatic nitrogens is 2. The molecule has 0 radical (unpaired) electrons. The zero-order valence-corrected chi connectivity index (χ0v) is 13.1. The molecule has 2 aromatic heterocycles. The quantitative estimate of drug-likeness (QED) is 0.776. The predicted molar refractivity (Wildman–Crippen MR) is 88.7 cm³/mol. The number of anilines is 1. The first-order valence-corrected chi connectivity index (χ1v) is 8.06. The molecule has 1 N–H and O–H groups in total. The lowest BCUT2D eigenvalue weighted by Crippen LogP contribution is -1.96. The van der Waals surface area contributed by atoms with Crippen LogP contribution in [0.4, 0.5) is 5.69 Å². The van der Waals surface area contributed by atoms with Gasteiger partial charge in [0.15, 0.2) is 0 Å². The van der Waals surface area contributed by atoms with E-state index in [9.17, 15) is 0 Å². The van der Waals surface area contributed by atoms with Crippen LogP contribution in [0, 0.1) is 0 Å². The lowest BCUT2D eigenvalue weighted by Gasteiger charge is -2.12. The standard InChI is InChI=1S/C16H17N3OS/c1-10(21-3)15-14(17-2)8-20-16(15)11-5-4-6-13-12(11)7-18-9-19-13/h4-10,17H,1-3H3. The van der Waals surface area contributed by atoms with Crippen molar-refractivity contribution in [1.29, 1.82) is 0 Å². The minimum atomic E-state index is 0.334. The molecule has 108 valence electrons. The molecule has 3 aromatic rings. The topological polar surface area (TPSA) is 51.0 Å². The van der Waals surface area contributed by atoms with Crippen LogP contribution in [0.1, 0.15) is 17.7 Å². The van der Waals surface area contributed by atoms with E-state index in [0.29, 0.717) is 5.25 Å². The van der Waals surface area contributed by atoms with Gasteiger partial charge in [0.25, 0.3) is 0 Å². The third-order valence-corrected chi connectivity index (χ3v) is 4.60. The van der Waals surface area contributed by atoms with Crippen molar-refractivity contribution in [2.45, 2.75) is 12.2 Å². The van der Waals surface area contributed by atoms with Gasteiger partial charge in [-0.15, -0.1) is 0 Å². The van der Waals surface area contributed by atoms with Crippen molar-refractivity contribution >= 4 is 28.4 Å². The van der Waals surface area contributed by atoms with E-state index in [0.717, 1.165) is 27.9 Å². The summed E-state index contributed by atoms with van der Waals surface area (Å²) in [6.07, 6.45) is 7.29. The Kier molecular flexibility index (Phi) is 3.84. The van der Waals surface area contributed by atoms with Crippen LogP contribution in [0.2, 0.25) is 0 Å². The molecule has 1 unspecified atom stereocenters. The molecular formula is C16H17N3OS. The van der Waals surface area contributed by atoms with Crippen molar-refractivity contribution in [2.24, 2.45) is 0 Å². The normalized spacial score (nSPS) is 12.5. The van der Waals surface area contributed by atoms with Crippen LogP contribution in [0.5, 0.6) is 0 Å². The molecule has 1 aromatic carbocycles. The number of hydrogen-bond acceptors (Lipinski definition) is 5. The zero-order valence-electron chi connectivity index (χ0n) is 12.3. The van der Waals surface area contributed by atoms with Crippen molar-refractivity contribution in [3.63, 3.8) is 0 Å². The maximum atomic E-state index is 5.87. The SMILES string of the molecule is CNc1coc(-c2cccc3ncncc23)c1C(C)SC. The fourth-order valence-corrected chi connectivity index (χ4v) is 2.96. The first kappa shape index (κ1) is 13.9. The van der Waals surface area contributed by atoms with Crippen LogP contribution in [-0.2, 0) is 0 Å². The lowest BCUT2D eigenvalue weighted by atomic mass is 10.0. The van der Waals surface area contributed by atoms with Gasteiger partial charge in [0.1, 0.15) is 18.4 Å². The second-order valence-electron chi connectivity index (χ2n) is 4.78. The van der Waals surface area contributed by atoms with Crippen molar-refractivity contribution in [3.8, 4) is 11.3 Å². The van der Waals surface area contributed by atoms with E-state index in [-0.39, 0.29) is 0 Å². The van der Waals surface area contributed by atoms with Crippen LogP contribution in [0.15, 0.2) is 41.4 Å². The van der Waals surface area contributed by atoms with Gasteiger partial charge in [0, 0.05) is 35.0 Å². The van der Waals surface area contributed by atoms with Crippen molar-refractivity contribution in [1.82, 2.24) is 9.97 Å². The van der Waals surface area contributed by atoms with Gasteiger partial charge >= 0.3 is 0 Å². The van der Waals surface area contributed by atoms with Crippen LogP contribution >= 0.6 is 11.8 Å². The first-order valence-electron chi connectivity index (χ1n) is 6.77. The maximum Gasteiger partial charge on any atom is 0.141 e. The van der Waals surface area contributed by atoms with E-state index < -0.39 is 0 Å². The summed E-state index contributed by atoms with van der Waals surface area (Å²) < 4.78 is 5.87. The van der Waals surface area contributed by atoms with Crippen LogP contribution in [-0.4, -0.2) is 23.3 Å². The highest BCUT2D eigenvalue weighted by Crippen LogP contribution is 2.42. The zero-order chi connectivity index (χ0) is 14.8. The Morgan fingerprint density at radius 2 is 2.19 bits per heavy atom. The summed E-state index contributed by atoms with van der Waals surface area (Å²) in [4.78, 5) is 8.46. The highest BCUT2D eigenvalue weighted by atomic mass is 32.2. The fraction of sp³-hybridized carbons (Fsp3) is 0.250. The van der Waals surface area contributed by atoms with Crippen molar-refractivity contribution in [2.75, 3.05) is 18.6 Å². The Hall–Kier alpha value is -2.01. The molecule has 0 amide bonds. The molecule has 0 aliphatic carbocycles. The maximum absolute atomic E-state index is 5.87. The number of nitrogens with one attached hydrogen (secondary N) is 1.